The van der Waals surface area contributed by atoms with Gasteiger partial charge in [-0.3, -0.25) is 9.58 Å². The van der Waals surface area contributed by atoms with Crippen molar-refractivity contribution in [3.05, 3.63) is 15.9 Å². The van der Waals surface area contributed by atoms with E-state index in [1.807, 2.05) is 0 Å². The lowest BCUT2D eigenvalue weighted by Gasteiger charge is -2.26. The number of halogens is 1. The molecular weight excluding hydrogens is 278 g/mol. The number of nitrogens with zero attached hydrogens (tertiary/aromatic N) is 3. The van der Waals surface area contributed by atoms with Gasteiger partial charge in [-0.1, -0.05) is 13.8 Å². The standard InChI is InChI=1S/C13H24BrN3/c1-6-11(7-2)16(5)9-12-13(14)10(4)15-17(12)8-3/h11H,6-9H2,1-5H3. The second-order valence-corrected chi connectivity index (χ2v) is 5.34. The molecule has 0 aliphatic carbocycles. The molecule has 0 unspecified atom stereocenters. The molecule has 0 saturated heterocycles. The van der Waals surface area contributed by atoms with Crippen LogP contribution in [0, 0.1) is 6.92 Å². The predicted molar refractivity (Wildman–Crippen MR) is 76.2 cm³/mol. The predicted octanol–water partition coefficient (Wildman–Crippen LogP) is 3.59. The van der Waals surface area contributed by atoms with Gasteiger partial charge in [-0.2, -0.15) is 5.10 Å². The zero-order chi connectivity index (χ0) is 13.0. The third-order valence-electron chi connectivity index (χ3n) is 3.42. The Bertz CT molecular complexity index is 356. The van der Waals surface area contributed by atoms with Crippen molar-refractivity contribution >= 4 is 15.9 Å². The summed E-state index contributed by atoms with van der Waals surface area (Å²) in [5.74, 6) is 0. The highest BCUT2D eigenvalue weighted by Crippen LogP contribution is 2.23. The summed E-state index contributed by atoms with van der Waals surface area (Å²) >= 11 is 3.65. The van der Waals surface area contributed by atoms with Gasteiger partial charge in [0, 0.05) is 19.1 Å². The molecule has 0 aliphatic rings. The Morgan fingerprint density at radius 2 is 1.88 bits per heavy atom. The monoisotopic (exact) mass is 301 g/mol. The van der Waals surface area contributed by atoms with Crippen LogP contribution in [0.2, 0.25) is 0 Å². The van der Waals surface area contributed by atoms with E-state index in [4.69, 9.17) is 0 Å². The molecule has 0 aliphatic heterocycles. The number of aromatic nitrogens is 2. The summed E-state index contributed by atoms with van der Waals surface area (Å²) in [4.78, 5) is 2.42. The summed E-state index contributed by atoms with van der Waals surface area (Å²) in [7, 11) is 2.20. The van der Waals surface area contributed by atoms with Crippen LogP contribution in [0.1, 0.15) is 45.0 Å². The largest absolute Gasteiger partial charge is 0.298 e. The average Bonchev–Trinajstić information content (AvgIpc) is 2.58. The highest BCUT2D eigenvalue weighted by Gasteiger charge is 2.17. The van der Waals surface area contributed by atoms with E-state index in [0.29, 0.717) is 6.04 Å². The lowest BCUT2D eigenvalue weighted by Crippen LogP contribution is -2.31. The van der Waals surface area contributed by atoms with Crippen molar-refractivity contribution in [2.24, 2.45) is 0 Å². The van der Waals surface area contributed by atoms with E-state index in [-0.39, 0.29) is 0 Å². The fourth-order valence-electron chi connectivity index (χ4n) is 2.30. The van der Waals surface area contributed by atoms with Crippen LogP contribution in [0.3, 0.4) is 0 Å². The second-order valence-electron chi connectivity index (χ2n) is 4.55. The van der Waals surface area contributed by atoms with Gasteiger partial charge in [-0.15, -0.1) is 0 Å². The van der Waals surface area contributed by atoms with Gasteiger partial charge in [-0.25, -0.2) is 0 Å². The van der Waals surface area contributed by atoms with Crippen molar-refractivity contribution in [2.75, 3.05) is 7.05 Å². The lowest BCUT2D eigenvalue weighted by atomic mass is 10.1. The topological polar surface area (TPSA) is 21.1 Å². The molecule has 17 heavy (non-hydrogen) atoms. The SMILES string of the molecule is CCC(CC)N(C)Cc1c(Br)c(C)nn1CC. The van der Waals surface area contributed by atoms with Gasteiger partial charge in [0.1, 0.15) is 0 Å². The highest BCUT2D eigenvalue weighted by atomic mass is 79.9. The molecule has 0 atom stereocenters. The Kier molecular flexibility index (Phi) is 5.67. The maximum absolute atomic E-state index is 4.54. The third-order valence-corrected chi connectivity index (χ3v) is 4.45. The zero-order valence-electron chi connectivity index (χ0n) is 11.6. The lowest BCUT2D eigenvalue weighted by molar-refractivity contribution is 0.215. The van der Waals surface area contributed by atoms with Crippen molar-refractivity contribution in [2.45, 2.75) is 59.7 Å². The van der Waals surface area contributed by atoms with Crippen LogP contribution >= 0.6 is 15.9 Å². The maximum atomic E-state index is 4.54. The molecule has 1 rings (SSSR count). The Morgan fingerprint density at radius 1 is 1.29 bits per heavy atom. The van der Waals surface area contributed by atoms with Gasteiger partial charge < -0.3 is 0 Å². The van der Waals surface area contributed by atoms with Crippen LogP contribution in [0.4, 0.5) is 0 Å². The van der Waals surface area contributed by atoms with E-state index in [9.17, 15) is 0 Å². The first-order valence-electron chi connectivity index (χ1n) is 6.47. The third kappa shape index (κ3) is 3.32. The van der Waals surface area contributed by atoms with Gasteiger partial charge in [0.25, 0.3) is 0 Å². The maximum Gasteiger partial charge on any atom is 0.0739 e. The van der Waals surface area contributed by atoms with E-state index < -0.39 is 0 Å². The number of rotatable bonds is 6. The molecule has 0 amide bonds. The second kappa shape index (κ2) is 6.55. The van der Waals surface area contributed by atoms with Gasteiger partial charge >= 0.3 is 0 Å². The van der Waals surface area contributed by atoms with Crippen molar-refractivity contribution in [1.82, 2.24) is 14.7 Å². The van der Waals surface area contributed by atoms with E-state index in [0.717, 1.165) is 23.3 Å². The molecule has 98 valence electrons. The van der Waals surface area contributed by atoms with Crippen LogP contribution in [0.15, 0.2) is 4.47 Å². The molecular formula is C13H24BrN3. The molecule has 1 aromatic heterocycles. The van der Waals surface area contributed by atoms with Gasteiger partial charge in [0.15, 0.2) is 0 Å². The first-order valence-corrected chi connectivity index (χ1v) is 7.26. The van der Waals surface area contributed by atoms with Crippen molar-refractivity contribution in [3.8, 4) is 0 Å². The Hall–Kier alpha value is -0.350. The van der Waals surface area contributed by atoms with Crippen molar-refractivity contribution in [1.29, 1.82) is 0 Å². The number of hydrogen-bond acceptors (Lipinski definition) is 2. The van der Waals surface area contributed by atoms with Crippen molar-refractivity contribution < 1.29 is 0 Å². The van der Waals surface area contributed by atoms with Crippen LogP contribution < -0.4 is 0 Å². The molecule has 3 nitrogen and oxygen atoms in total. The summed E-state index contributed by atoms with van der Waals surface area (Å²) in [5.41, 5.74) is 2.37. The number of aryl methyl sites for hydroxylation is 2. The summed E-state index contributed by atoms with van der Waals surface area (Å²) < 4.78 is 3.26. The molecule has 1 heterocycles. The Morgan fingerprint density at radius 3 is 2.35 bits per heavy atom. The quantitative estimate of drug-likeness (QED) is 0.800. The summed E-state index contributed by atoms with van der Waals surface area (Å²) in [5, 5.41) is 4.54. The summed E-state index contributed by atoms with van der Waals surface area (Å²) in [6.07, 6.45) is 2.40. The molecule has 0 spiro atoms. The molecule has 0 fully saturated rings. The fraction of sp³-hybridized carbons (Fsp3) is 0.769. The minimum Gasteiger partial charge on any atom is -0.298 e. The molecule has 0 saturated carbocycles. The fourth-order valence-corrected chi connectivity index (χ4v) is 2.71. The highest BCUT2D eigenvalue weighted by molar-refractivity contribution is 9.10. The van der Waals surface area contributed by atoms with Crippen LogP contribution in [-0.2, 0) is 13.1 Å². The van der Waals surface area contributed by atoms with Gasteiger partial charge in [0.2, 0.25) is 0 Å². The van der Waals surface area contributed by atoms with Crippen LogP contribution in [0.25, 0.3) is 0 Å². The van der Waals surface area contributed by atoms with Crippen LogP contribution in [-0.4, -0.2) is 27.8 Å². The average molecular weight is 302 g/mol. The molecule has 0 aromatic carbocycles. The molecule has 0 radical (unpaired) electrons. The van der Waals surface area contributed by atoms with E-state index in [1.165, 1.54) is 18.5 Å². The normalized spacial score (nSPS) is 11.8. The summed E-state index contributed by atoms with van der Waals surface area (Å²) in [6.45, 7) is 10.6. The zero-order valence-corrected chi connectivity index (χ0v) is 13.2. The molecule has 1 aromatic rings. The molecule has 0 N–H and O–H groups in total. The molecule has 0 bridgehead atoms. The van der Waals surface area contributed by atoms with Gasteiger partial charge in [-0.05, 0) is 49.7 Å². The molecule has 4 heteroatoms. The van der Waals surface area contributed by atoms with Crippen LogP contribution in [0.5, 0.6) is 0 Å². The first kappa shape index (κ1) is 14.7. The Labute approximate surface area is 113 Å². The first-order chi connectivity index (χ1) is 8.04. The number of hydrogen-bond donors (Lipinski definition) is 0. The smallest absolute Gasteiger partial charge is 0.0739 e. The Balaban J connectivity index is 2.86. The van der Waals surface area contributed by atoms with Crippen molar-refractivity contribution in [3.63, 3.8) is 0 Å². The van der Waals surface area contributed by atoms with E-state index in [2.05, 4.69) is 65.4 Å². The summed E-state index contributed by atoms with van der Waals surface area (Å²) in [6, 6.07) is 0.655. The van der Waals surface area contributed by atoms with Gasteiger partial charge in [0.05, 0.1) is 15.9 Å². The van der Waals surface area contributed by atoms with E-state index >= 15 is 0 Å². The van der Waals surface area contributed by atoms with E-state index in [1.54, 1.807) is 0 Å². The minimum absolute atomic E-state index is 0.655. The minimum atomic E-state index is 0.655.